The van der Waals surface area contributed by atoms with Crippen molar-refractivity contribution in [2.45, 2.75) is 19.4 Å². The van der Waals surface area contributed by atoms with E-state index in [0.29, 0.717) is 31.0 Å². The highest BCUT2D eigenvalue weighted by Gasteiger charge is 2.34. The number of likely N-dealkylation sites (tertiary alicyclic amines) is 1. The second-order valence-corrected chi connectivity index (χ2v) is 8.21. The molecule has 174 valence electrons. The van der Waals surface area contributed by atoms with Crippen LogP contribution in [0.4, 0.5) is 0 Å². The number of ether oxygens (including phenoxy) is 1. The molecule has 0 spiro atoms. The van der Waals surface area contributed by atoms with Gasteiger partial charge in [-0.2, -0.15) is 0 Å². The number of hydrazine groups is 1. The third-order valence-corrected chi connectivity index (χ3v) is 5.72. The van der Waals surface area contributed by atoms with Crippen molar-refractivity contribution < 1.29 is 19.1 Å². The molecule has 3 amide bonds. The van der Waals surface area contributed by atoms with Gasteiger partial charge in [0.05, 0.1) is 12.5 Å². The average Bonchev–Trinajstić information content (AvgIpc) is 3.24. The van der Waals surface area contributed by atoms with Crippen molar-refractivity contribution in [3.8, 4) is 5.75 Å². The zero-order valence-electron chi connectivity index (χ0n) is 18.8. The van der Waals surface area contributed by atoms with Gasteiger partial charge in [-0.05, 0) is 35.4 Å². The molecule has 1 aliphatic rings. The summed E-state index contributed by atoms with van der Waals surface area (Å²) in [6.07, 6.45) is 0.922. The number of hydrogen-bond acceptors (Lipinski definition) is 4. The number of rotatable bonds is 8. The summed E-state index contributed by atoms with van der Waals surface area (Å²) in [5.41, 5.74) is 7.48. The molecule has 3 aromatic rings. The quantitative estimate of drug-likeness (QED) is 0.509. The molecule has 34 heavy (non-hydrogen) atoms. The summed E-state index contributed by atoms with van der Waals surface area (Å²) in [4.78, 5) is 38.8. The molecule has 1 fully saturated rings. The molecule has 0 bridgehead atoms. The van der Waals surface area contributed by atoms with Gasteiger partial charge in [0.15, 0.2) is 0 Å². The zero-order chi connectivity index (χ0) is 23.8. The third-order valence-electron chi connectivity index (χ3n) is 5.72. The molecule has 4 rings (SSSR count). The minimum absolute atomic E-state index is 0.0711. The molecule has 1 atom stereocenters. The minimum Gasteiger partial charge on any atom is -0.493 e. The highest BCUT2D eigenvalue weighted by Crippen LogP contribution is 2.20. The van der Waals surface area contributed by atoms with Crippen molar-refractivity contribution in [2.75, 3.05) is 13.2 Å². The van der Waals surface area contributed by atoms with Gasteiger partial charge in [0, 0.05) is 31.5 Å². The van der Waals surface area contributed by atoms with E-state index in [2.05, 4.69) is 10.9 Å². The maximum absolute atomic E-state index is 12.5. The van der Waals surface area contributed by atoms with Crippen LogP contribution in [0.15, 0.2) is 84.9 Å². The van der Waals surface area contributed by atoms with Crippen molar-refractivity contribution in [3.63, 3.8) is 0 Å². The molecular weight excluding hydrogens is 430 g/mol. The first kappa shape index (κ1) is 23.0. The van der Waals surface area contributed by atoms with Gasteiger partial charge < -0.3 is 9.64 Å². The van der Waals surface area contributed by atoms with E-state index >= 15 is 0 Å². The van der Waals surface area contributed by atoms with Gasteiger partial charge in [-0.15, -0.1) is 0 Å². The van der Waals surface area contributed by atoms with Crippen molar-refractivity contribution in [2.24, 2.45) is 5.92 Å². The lowest BCUT2D eigenvalue weighted by Gasteiger charge is -2.16. The number of hydrogen-bond donors (Lipinski definition) is 2. The summed E-state index contributed by atoms with van der Waals surface area (Å²) < 4.78 is 5.74. The van der Waals surface area contributed by atoms with E-state index in [1.54, 1.807) is 29.2 Å². The maximum atomic E-state index is 12.5. The van der Waals surface area contributed by atoms with E-state index < -0.39 is 11.8 Å². The maximum Gasteiger partial charge on any atom is 0.269 e. The predicted octanol–water partition coefficient (Wildman–Crippen LogP) is 3.12. The van der Waals surface area contributed by atoms with Gasteiger partial charge in [-0.1, -0.05) is 60.7 Å². The van der Waals surface area contributed by atoms with Crippen LogP contribution in [0.3, 0.4) is 0 Å². The van der Waals surface area contributed by atoms with Crippen molar-refractivity contribution in [1.29, 1.82) is 0 Å². The van der Waals surface area contributed by atoms with Crippen LogP contribution in [0.25, 0.3) is 0 Å². The molecule has 3 aromatic carbocycles. The van der Waals surface area contributed by atoms with Gasteiger partial charge in [-0.3, -0.25) is 25.2 Å². The smallest absolute Gasteiger partial charge is 0.269 e. The SMILES string of the molecule is O=C(NNC(=O)C1CC(=O)N(Cc2ccccc2)C1)c1ccc(OCCc2ccccc2)cc1. The van der Waals surface area contributed by atoms with E-state index in [1.165, 1.54) is 5.56 Å². The van der Waals surface area contributed by atoms with E-state index in [-0.39, 0.29) is 18.2 Å². The van der Waals surface area contributed by atoms with Crippen molar-refractivity contribution in [1.82, 2.24) is 15.8 Å². The molecule has 0 radical (unpaired) electrons. The molecule has 0 aromatic heterocycles. The summed E-state index contributed by atoms with van der Waals surface area (Å²) in [6, 6.07) is 26.4. The zero-order valence-corrected chi connectivity index (χ0v) is 18.8. The predicted molar refractivity (Wildman–Crippen MR) is 128 cm³/mol. The van der Waals surface area contributed by atoms with Gasteiger partial charge in [0.25, 0.3) is 5.91 Å². The van der Waals surface area contributed by atoms with E-state index in [0.717, 1.165) is 12.0 Å². The first-order valence-electron chi connectivity index (χ1n) is 11.3. The largest absolute Gasteiger partial charge is 0.493 e. The highest BCUT2D eigenvalue weighted by molar-refractivity contribution is 5.96. The number of benzene rings is 3. The fraction of sp³-hybridized carbons (Fsp3) is 0.222. The molecular formula is C27H27N3O4. The monoisotopic (exact) mass is 457 g/mol. The Morgan fingerprint density at radius 2 is 1.50 bits per heavy atom. The van der Waals surface area contributed by atoms with Gasteiger partial charge >= 0.3 is 0 Å². The van der Waals surface area contributed by atoms with E-state index in [9.17, 15) is 14.4 Å². The number of carbonyl (C=O) groups is 3. The van der Waals surface area contributed by atoms with Gasteiger partial charge in [0.2, 0.25) is 11.8 Å². The summed E-state index contributed by atoms with van der Waals surface area (Å²) in [7, 11) is 0. The molecule has 1 unspecified atom stereocenters. The van der Waals surface area contributed by atoms with Crippen LogP contribution in [-0.2, 0) is 22.6 Å². The van der Waals surface area contributed by atoms with Crippen LogP contribution in [0.1, 0.15) is 27.9 Å². The Morgan fingerprint density at radius 1 is 0.853 bits per heavy atom. The molecule has 0 aliphatic carbocycles. The standard InChI is InChI=1S/C27H27N3O4/c31-25-17-23(19-30(25)18-21-9-5-2-6-10-21)27(33)29-28-26(32)22-11-13-24(14-12-22)34-16-15-20-7-3-1-4-8-20/h1-14,23H,15-19H2,(H,28,32)(H,29,33). The summed E-state index contributed by atoms with van der Waals surface area (Å²) in [5.74, 6) is -0.720. The van der Waals surface area contributed by atoms with Crippen LogP contribution in [0.5, 0.6) is 5.75 Å². The Labute approximate surface area is 198 Å². The van der Waals surface area contributed by atoms with Crippen LogP contribution in [0, 0.1) is 5.92 Å². The Balaban J connectivity index is 1.21. The van der Waals surface area contributed by atoms with E-state index in [1.807, 2.05) is 60.7 Å². The second kappa shape index (κ2) is 11.1. The van der Waals surface area contributed by atoms with Crippen LogP contribution >= 0.6 is 0 Å². The Hall–Kier alpha value is -4.13. The summed E-state index contributed by atoms with van der Waals surface area (Å²) >= 11 is 0. The Morgan fingerprint density at radius 3 is 2.18 bits per heavy atom. The lowest BCUT2D eigenvalue weighted by atomic mass is 10.1. The second-order valence-electron chi connectivity index (χ2n) is 8.21. The molecule has 1 aliphatic heterocycles. The normalized spacial score (nSPS) is 15.1. The average molecular weight is 458 g/mol. The first-order valence-corrected chi connectivity index (χ1v) is 11.3. The summed E-state index contributed by atoms with van der Waals surface area (Å²) in [5, 5.41) is 0. The topological polar surface area (TPSA) is 87.7 Å². The summed E-state index contributed by atoms with van der Waals surface area (Å²) in [6.45, 7) is 1.33. The minimum atomic E-state index is -0.503. The number of amides is 3. The number of nitrogens with one attached hydrogen (secondary N) is 2. The van der Waals surface area contributed by atoms with Crippen LogP contribution in [0.2, 0.25) is 0 Å². The molecule has 1 saturated heterocycles. The fourth-order valence-electron chi connectivity index (χ4n) is 3.83. The third kappa shape index (κ3) is 6.22. The first-order chi connectivity index (χ1) is 16.6. The number of nitrogens with zero attached hydrogens (tertiary/aromatic N) is 1. The molecule has 1 heterocycles. The Bertz CT molecular complexity index is 1120. The van der Waals surface area contributed by atoms with Crippen molar-refractivity contribution >= 4 is 17.7 Å². The molecule has 7 nitrogen and oxygen atoms in total. The van der Waals surface area contributed by atoms with Crippen molar-refractivity contribution in [3.05, 3.63) is 102 Å². The van der Waals surface area contributed by atoms with Gasteiger partial charge in [0.1, 0.15) is 5.75 Å². The fourth-order valence-corrected chi connectivity index (χ4v) is 3.83. The van der Waals surface area contributed by atoms with E-state index in [4.69, 9.17) is 4.74 Å². The van der Waals surface area contributed by atoms with Gasteiger partial charge in [-0.25, -0.2) is 0 Å². The Kier molecular flexibility index (Phi) is 7.55. The highest BCUT2D eigenvalue weighted by atomic mass is 16.5. The van der Waals surface area contributed by atoms with Crippen LogP contribution < -0.4 is 15.6 Å². The molecule has 0 saturated carbocycles. The molecule has 2 N–H and O–H groups in total. The molecule has 7 heteroatoms. The van der Waals surface area contributed by atoms with Crippen LogP contribution in [-0.4, -0.2) is 35.8 Å². The number of carbonyl (C=O) groups excluding carboxylic acids is 3. The lowest BCUT2D eigenvalue weighted by Crippen LogP contribution is -2.45. The lowest BCUT2D eigenvalue weighted by molar-refractivity contribution is -0.129.